The Bertz CT molecular complexity index is 601. The van der Waals surface area contributed by atoms with E-state index in [1.54, 1.807) is 0 Å². The highest BCUT2D eigenvalue weighted by Crippen LogP contribution is 2.27. The standard InChI is InChI=1S/C19H25ClN2/c1-4-14-9-7-10-15(5-2)18(14)21-13-22-19-16(6-3)11-8-12-17(19)20/h7-12,21-22H,4-6,13H2,1-3H3. The molecule has 2 aromatic rings. The molecule has 3 heteroatoms. The molecule has 0 heterocycles. The van der Waals surface area contributed by atoms with E-state index in [1.807, 2.05) is 12.1 Å². The Hall–Kier alpha value is -1.67. The summed E-state index contributed by atoms with van der Waals surface area (Å²) in [7, 11) is 0. The highest BCUT2D eigenvalue weighted by atomic mass is 35.5. The molecule has 0 aromatic heterocycles. The molecule has 0 saturated carbocycles. The van der Waals surface area contributed by atoms with E-state index in [2.05, 4.69) is 55.7 Å². The van der Waals surface area contributed by atoms with Gasteiger partial charge in [0.05, 0.1) is 17.4 Å². The summed E-state index contributed by atoms with van der Waals surface area (Å²) in [5, 5.41) is 7.76. The molecule has 0 atom stereocenters. The maximum absolute atomic E-state index is 6.32. The molecule has 2 N–H and O–H groups in total. The van der Waals surface area contributed by atoms with Gasteiger partial charge in [0.15, 0.2) is 0 Å². The lowest BCUT2D eigenvalue weighted by Crippen LogP contribution is -2.15. The zero-order chi connectivity index (χ0) is 15.9. The van der Waals surface area contributed by atoms with Crippen molar-refractivity contribution in [3.05, 3.63) is 58.1 Å². The van der Waals surface area contributed by atoms with Crippen LogP contribution in [0.25, 0.3) is 0 Å². The molecule has 0 unspecified atom stereocenters. The average Bonchev–Trinajstić information content (AvgIpc) is 2.56. The summed E-state index contributed by atoms with van der Waals surface area (Å²) in [4.78, 5) is 0. The third-order valence-electron chi connectivity index (χ3n) is 4.01. The van der Waals surface area contributed by atoms with Crippen molar-refractivity contribution >= 4 is 23.0 Å². The third kappa shape index (κ3) is 3.75. The molecule has 0 bridgehead atoms. The topological polar surface area (TPSA) is 24.1 Å². The molecule has 22 heavy (non-hydrogen) atoms. The minimum atomic E-state index is 0.667. The number of rotatable bonds is 7. The van der Waals surface area contributed by atoms with Crippen LogP contribution in [-0.4, -0.2) is 6.67 Å². The van der Waals surface area contributed by atoms with Gasteiger partial charge in [-0.15, -0.1) is 0 Å². The van der Waals surface area contributed by atoms with E-state index in [9.17, 15) is 0 Å². The maximum atomic E-state index is 6.32. The van der Waals surface area contributed by atoms with Gasteiger partial charge in [0.2, 0.25) is 0 Å². The zero-order valence-corrected chi connectivity index (χ0v) is 14.4. The van der Waals surface area contributed by atoms with Crippen molar-refractivity contribution in [2.45, 2.75) is 40.0 Å². The van der Waals surface area contributed by atoms with Gasteiger partial charge in [0.25, 0.3) is 0 Å². The van der Waals surface area contributed by atoms with E-state index in [1.165, 1.54) is 22.4 Å². The lowest BCUT2D eigenvalue weighted by Gasteiger charge is -2.18. The van der Waals surface area contributed by atoms with E-state index in [0.717, 1.165) is 30.0 Å². The lowest BCUT2D eigenvalue weighted by molar-refractivity contribution is 1.06. The molecule has 0 spiro atoms. The molecule has 0 fully saturated rings. The molecule has 0 aliphatic carbocycles. The first-order valence-electron chi connectivity index (χ1n) is 8.07. The van der Waals surface area contributed by atoms with Gasteiger partial charge in [-0.05, 0) is 42.0 Å². The van der Waals surface area contributed by atoms with Crippen LogP contribution in [0.2, 0.25) is 5.02 Å². The molecular weight excluding hydrogens is 292 g/mol. The molecular formula is C19H25ClN2. The SMILES string of the molecule is CCc1cccc(Cl)c1NCNc1c(CC)cccc1CC. The van der Waals surface area contributed by atoms with Crippen LogP contribution in [0, 0.1) is 0 Å². The fraction of sp³-hybridized carbons (Fsp3) is 0.368. The van der Waals surface area contributed by atoms with Crippen molar-refractivity contribution in [3.8, 4) is 0 Å². The van der Waals surface area contributed by atoms with Crippen LogP contribution in [0.1, 0.15) is 37.5 Å². The minimum Gasteiger partial charge on any atom is -0.367 e. The number of aryl methyl sites for hydroxylation is 3. The van der Waals surface area contributed by atoms with Gasteiger partial charge < -0.3 is 10.6 Å². The Labute approximate surface area is 138 Å². The Morgan fingerprint density at radius 3 is 1.73 bits per heavy atom. The van der Waals surface area contributed by atoms with E-state index < -0.39 is 0 Å². The molecule has 2 aromatic carbocycles. The first-order chi connectivity index (χ1) is 10.7. The van der Waals surface area contributed by atoms with Crippen molar-refractivity contribution in [3.63, 3.8) is 0 Å². The molecule has 118 valence electrons. The van der Waals surface area contributed by atoms with Crippen LogP contribution in [0.15, 0.2) is 36.4 Å². The second-order valence-electron chi connectivity index (χ2n) is 5.32. The third-order valence-corrected chi connectivity index (χ3v) is 4.32. The van der Waals surface area contributed by atoms with Gasteiger partial charge in [-0.1, -0.05) is 62.7 Å². The summed E-state index contributed by atoms with van der Waals surface area (Å²) >= 11 is 6.32. The molecule has 0 saturated heterocycles. The first kappa shape index (κ1) is 16.7. The van der Waals surface area contributed by atoms with Gasteiger partial charge in [0, 0.05) is 5.69 Å². The monoisotopic (exact) mass is 316 g/mol. The van der Waals surface area contributed by atoms with Gasteiger partial charge in [-0.2, -0.15) is 0 Å². The smallest absolute Gasteiger partial charge is 0.0850 e. The van der Waals surface area contributed by atoms with E-state index >= 15 is 0 Å². The maximum Gasteiger partial charge on any atom is 0.0850 e. The van der Waals surface area contributed by atoms with Crippen LogP contribution in [0.3, 0.4) is 0 Å². The fourth-order valence-corrected chi connectivity index (χ4v) is 3.01. The fourth-order valence-electron chi connectivity index (χ4n) is 2.75. The van der Waals surface area contributed by atoms with Gasteiger partial charge >= 0.3 is 0 Å². The number of halogens is 1. The van der Waals surface area contributed by atoms with Gasteiger partial charge in [0.1, 0.15) is 0 Å². The average molecular weight is 317 g/mol. The quantitative estimate of drug-likeness (QED) is 0.658. The summed E-state index contributed by atoms with van der Waals surface area (Å²) in [6.45, 7) is 7.19. The number of hydrogen-bond acceptors (Lipinski definition) is 2. The Morgan fingerprint density at radius 1 is 0.727 bits per heavy atom. The van der Waals surface area contributed by atoms with Gasteiger partial charge in [-0.3, -0.25) is 0 Å². The number of nitrogens with one attached hydrogen (secondary N) is 2. The lowest BCUT2D eigenvalue weighted by atomic mass is 10.0. The summed E-state index contributed by atoms with van der Waals surface area (Å²) in [6.07, 6.45) is 3.03. The van der Waals surface area contributed by atoms with Crippen molar-refractivity contribution in [2.24, 2.45) is 0 Å². The van der Waals surface area contributed by atoms with Crippen LogP contribution < -0.4 is 10.6 Å². The molecule has 0 aliphatic rings. The first-order valence-corrected chi connectivity index (χ1v) is 8.44. The van der Waals surface area contributed by atoms with Crippen LogP contribution >= 0.6 is 11.6 Å². The molecule has 0 radical (unpaired) electrons. The normalized spacial score (nSPS) is 10.5. The molecule has 0 amide bonds. The van der Waals surface area contributed by atoms with Crippen molar-refractivity contribution < 1.29 is 0 Å². The highest BCUT2D eigenvalue weighted by Gasteiger charge is 2.07. The zero-order valence-electron chi connectivity index (χ0n) is 13.7. The number of hydrogen-bond donors (Lipinski definition) is 2. The largest absolute Gasteiger partial charge is 0.367 e. The van der Waals surface area contributed by atoms with Gasteiger partial charge in [-0.25, -0.2) is 0 Å². The molecule has 2 nitrogen and oxygen atoms in total. The molecule has 0 aliphatic heterocycles. The number of anilines is 2. The summed E-state index contributed by atoms with van der Waals surface area (Å²) in [5.74, 6) is 0. The van der Waals surface area contributed by atoms with Crippen molar-refractivity contribution in [1.82, 2.24) is 0 Å². The van der Waals surface area contributed by atoms with E-state index in [-0.39, 0.29) is 0 Å². The summed E-state index contributed by atoms with van der Waals surface area (Å²) in [5.41, 5.74) is 6.25. The van der Waals surface area contributed by atoms with Crippen molar-refractivity contribution in [2.75, 3.05) is 17.3 Å². The number of benzene rings is 2. The Kier molecular flexibility index (Phi) is 6.14. The molecule has 2 rings (SSSR count). The predicted molar refractivity (Wildman–Crippen MR) is 98.1 cm³/mol. The Balaban J connectivity index is 2.12. The second-order valence-corrected chi connectivity index (χ2v) is 5.72. The minimum absolute atomic E-state index is 0.667. The summed E-state index contributed by atoms with van der Waals surface area (Å²) in [6, 6.07) is 12.6. The Morgan fingerprint density at radius 2 is 1.18 bits per heavy atom. The highest BCUT2D eigenvalue weighted by molar-refractivity contribution is 6.33. The second kappa shape index (κ2) is 8.09. The summed E-state index contributed by atoms with van der Waals surface area (Å²) < 4.78 is 0. The predicted octanol–water partition coefficient (Wildman–Crippen LogP) is 5.51. The van der Waals surface area contributed by atoms with Crippen LogP contribution in [0.5, 0.6) is 0 Å². The van der Waals surface area contributed by atoms with Crippen LogP contribution in [0.4, 0.5) is 11.4 Å². The van der Waals surface area contributed by atoms with E-state index in [0.29, 0.717) is 6.67 Å². The number of para-hydroxylation sites is 2. The van der Waals surface area contributed by atoms with Crippen molar-refractivity contribution in [1.29, 1.82) is 0 Å². The van der Waals surface area contributed by atoms with E-state index in [4.69, 9.17) is 11.6 Å². The van der Waals surface area contributed by atoms with Crippen LogP contribution in [-0.2, 0) is 19.3 Å².